The molecule has 8 heteroatoms. The Morgan fingerprint density at radius 1 is 1.29 bits per heavy atom. The molecule has 5 nitrogen and oxygen atoms in total. The van der Waals surface area contributed by atoms with Crippen LogP contribution in [0.3, 0.4) is 0 Å². The third kappa shape index (κ3) is 4.35. The topological polar surface area (TPSA) is 70.8 Å². The van der Waals surface area contributed by atoms with Gasteiger partial charge in [-0.1, -0.05) is 11.8 Å². The van der Waals surface area contributed by atoms with Gasteiger partial charge in [-0.05, 0) is 37.3 Å². The van der Waals surface area contributed by atoms with Gasteiger partial charge < -0.3 is 14.4 Å². The maximum Gasteiger partial charge on any atom is 0.339 e. The number of hydrogen-bond acceptors (Lipinski definition) is 4. The Morgan fingerprint density at radius 3 is 2.42 bits per heavy atom. The highest BCUT2D eigenvalue weighted by Gasteiger charge is 2.18. The number of aryl methyl sites for hydroxylation is 1. The van der Waals surface area contributed by atoms with Gasteiger partial charge in [-0.2, -0.15) is 8.78 Å². The maximum atomic E-state index is 12.3. The van der Waals surface area contributed by atoms with Crippen LogP contribution in [0, 0.1) is 6.92 Å². The number of thioether (sulfide) groups is 1. The molecule has 1 amide bonds. The molecule has 0 bridgehead atoms. The first kappa shape index (κ1) is 18.0. The SMILES string of the molecule is Cc1oc(CN(C)C(=O)c2ccc(SC(F)F)cc2)cc1C(=O)O. The van der Waals surface area contributed by atoms with E-state index in [-0.39, 0.29) is 23.8 Å². The van der Waals surface area contributed by atoms with Gasteiger partial charge in [0.1, 0.15) is 17.1 Å². The number of rotatable bonds is 6. The van der Waals surface area contributed by atoms with E-state index in [4.69, 9.17) is 9.52 Å². The van der Waals surface area contributed by atoms with Crippen LogP contribution >= 0.6 is 11.8 Å². The van der Waals surface area contributed by atoms with Crippen LogP contribution in [-0.4, -0.2) is 34.7 Å². The summed E-state index contributed by atoms with van der Waals surface area (Å²) in [6.45, 7) is 1.63. The summed E-state index contributed by atoms with van der Waals surface area (Å²) in [6, 6.07) is 7.23. The molecule has 0 aliphatic carbocycles. The Labute approximate surface area is 141 Å². The fourth-order valence-corrected chi connectivity index (χ4v) is 2.64. The van der Waals surface area contributed by atoms with E-state index in [0.717, 1.165) is 0 Å². The van der Waals surface area contributed by atoms with Gasteiger partial charge in [0.05, 0.1) is 6.54 Å². The molecule has 24 heavy (non-hydrogen) atoms. The van der Waals surface area contributed by atoms with Gasteiger partial charge >= 0.3 is 5.97 Å². The highest BCUT2D eigenvalue weighted by atomic mass is 32.2. The molecule has 1 heterocycles. The summed E-state index contributed by atoms with van der Waals surface area (Å²) in [5.41, 5.74) is 0.400. The van der Waals surface area contributed by atoms with Gasteiger partial charge in [0, 0.05) is 17.5 Å². The van der Waals surface area contributed by atoms with E-state index in [1.54, 1.807) is 7.05 Å². The van der Waals surface area contributed by atoms with Crippen LogP contribution < -0.4 is 0 Å². The van der Waals surface area contributed by atoms with Gasteiger partial charge in [-0.15, -0.1) is 0 Å². The highest BCUT2D eigenvalue weighted by Crippen LogP contribution is 2.25. The van der Waals surface area contributed by atoms with Crippen LogP contribution in [0.5, 0.6) is 0 Å². The Balaban J connectivity index is 2.06. The van der Waals surface area contributed by atoms with Crippen LogP contribution in [-0.2, 0) is 6.54 Å². The summed E-state index contributed by atoms with van der Waals surface area (Å²) >= 11 is 0.408. The lowest BCUT2D eigenvalue weighted by molar-refractivity contribution is 0.0694. The van der Waals surface area contributed by atoms with Crippen LogP contribution in [0.1, 0.15) is 32.2 Å². The van der Waals surface area contributed by atoms with Gasteiger partial charge in [-0.25, -0.2) is 4.79 Å². The molecular formula is C16H15F2NO4S. The minimum absolute atomic E-state index is 0.0548. The lowest BCUT2D eigenvalue weighted by atomic mass is 10.2. The van der Waals surface area contributed by atoms with Crippen molar-refractivity contribution in [3.63, 3.8) is 0 Å². The zero-order chi connectivity index (χ0) is 17.9. The quantitative estimate of drug-likeness (QED) is 0.797. The number of nitrogens with zero attached hydrogens (tertiary/aromatic N) is 1. The van der Waals surface area contributed by atoms with Crippen molar-refractivity contribution in [2.24, 2.45) is 0 Å². The molecule has 0 aliphatic heterocycles. The number of alkyl halides is 2. The maximum absolute atomic E-state index is 12.3. The number of carbonyl (C=O) groups excluding carboxylic acids is 1. The predicted molar refractivity (Wildman–Crippen MR) is 84.5 cm³/mol. The van der Waals surface area contributed by atoms with Gasteiger partial charge in [0.2, 0.25) is 0 Å². The molecule has 0 radical (unpaired) electrons. The molecule has 128 valence electrons. The summed E-state index contributed by atoms with van der Waals surface area (Å²) in [5, 5.41) is 8.99. The molecule has 0 saturated heterocycles. The number of carboxylic acids is 1. The van der Waals surface area contributed by atoms with Crippen molar-refractivity contribution >= 4 is 23.6 Å². The summed E-state index contributed by atoms with van der Waals surface area (Å²) < 4.78 is 29.9. The molecule has 1 aromatic heterocycles. The molecule has 1 N–H and O–H groups in total. The lowest BCUT2D eigenvalue weighted by Crippen LogP contribution is -2.25. The summed E-state index contributed by atoms with van der Waals surface area (Å²) in [4.78, 5) is 25.0. The van der Waals surface area contributed by atoms with E-state index in [0.29, 0.717) is 28.0 Å². The summed E-state index contributed by atoms with van der Waals surface area (Å²) in [5.74, 6) is -3.31. The van der Waals surface area contributed by atoms with E-state index >= 15 is 0 Å². The van der Waals surface area contributed by atoms with Crippen molar-refractivity contribution in [2.75, 3.05) is 7.05 Å². The fourth-order valence-electron chi connectivity index (χ4n) is 2.14. The third-order valence-electron chi connectivity index (χ3n) is 3.27. The number of benzene rings is 1. The molecule has 0 atom stereocenters. The number of furan rings is 1. The fraction of sp³-hybridized carbons (Fsp3) is 0.250. The molecule has 0 unspecified atom stereocenters. The number of amides is 1. The van der Waals surface area contributed by atoms with Gasteiger partial charge in [0.25, 0.3) is 11.7 Å². The van der Waals surface area contributed by atoms with E-state index in [2.05, 4.69) is 0 Å². The Hall–Kier alpha value is -2.35. The van der Waals surface area contributed by atoms with Gasteiger partial charge in [-0.3, -0.25) is 4.79 Å². The van der Waals surface area contributed by atoms with Crippen molar-refractivity contribution in [3.05, 3.63) is 53.0 Å². The third-order valence-corrected chi connectivity index (χ3v) is 3.99. The van der Waals surface area contributed by atoms with Crippen molar-refractivity contribution in [1.29, 1.82) is 0 Å². The lowest BCUT2D eigenvalue weighted by Gasteiger charge is -2.16. The van der Waals surface area contributed by atoms with E-state index in [1.165, 1.54) is 42.2 Å². The van der Waals surface area contributed by atoms with Crippen molar-refractivity contribution < 1.29 is 27.9 Å². The number of hydrogen-bond donors (Lipinski definition) is 1. The molecule has 2 aromatic rings. The number of carboxylic acid groups (broad SMARTS) is 1. The minimum atomic E-state index is -2.51. The normalized spacial score (nSPS) is 10.9. The molecule has 0 fully saturated rings. The zero-order valence-electron chi connectivity index (χ0n) is 13.0. The van der Waals surface area contributed by atoms with Crippen LogP contribution in [0.2, 0.25) is 0 Å². The molecule has 0 aliphatic rings. The monoisotopic (exact) mass is 355 g/mol. The van der Waals surface area contributed by atoms with Crippen LogP contribution in [0.4, 0.5) is 8.78 Å². The predicted octanol–water partition coefficient (Wildman–Crippen LogP) is 3.87. The second-order valence-corrected chi connectivity index (χ2v) is 6.12. The minimum Gasteiger partial charge on any atom is -0.478 e. The highest BCUT2D eigenvalue weighted by molar-refractivity contribution is 7.99. The first-order chi connectivity index (χ1) is 11.3. The first-order valence-electron chi connectivity index (χ1n) is 6.91. The average Bonchev–Trinajstić information content (AvgIpc) is 2.87. The second kappa shape index (κ2) is 7.48. The summed E-state index contributed by atoms with van der Waals surface area (Å²) in [7, 11) is 1.54. The zero-order valence-corrected chi connectivity index (χ0v) is 13.8. The molecule has 1 aromatic carbocycles. The molecular weight excluding hydrogens is 340 g/mol. The number of carbonyl (C=O) groups is 2. The van der Waals surface area contributed by atoms with Crippen LogP contribution in [0.15, 0.2) is 39.6 Å². The van der Waals surface area contributed by atoms with Crippen molar-refractivity contribution in [3.8, 4) is 0 Å². The van der Waals surface area contributed by atoms with E-state index in [9.17, 15) is 18.4 Å². The number of halogens is 2. The van der Waals surface area contributed by atoms with E-state index < -0.39 is 11.7 Å². The summed E-state index contributed by atoms with van der Waals surface area (Å²) in [6.07, 6.45) is 0. The average molecular weight is 355 g/mol. The Morgan fingerprint density at radius 2 is 1.92 bits per heavy atom. The molecule has 0 spiro atoms. The standard InChI is InChI=1S/C16H15F2NO4S/c1-9-13(15(21)22)7-11(23-9)8-19(2)14(20)10-3-5-12(6-4-10)24-16(17)18/h3-7,16H,8H2,1-2H3,(H,21,22). The molecule has 2 rings (SSSR count). The Bertz CT molecular complexity index is 743. The smallest absolute Gasteiger partial charge is 0.339 e. The van der Waals surface area contributed by atoms with Crippen molar-refractivity contribution in [1.82, 2.24) is 4.90 Å². The Kier molecular flexibility index (Phi) is 5.61. The number of aromatic carboxylic acids is 1. The molecule has 0 saturated carbocycles. The van der Waals surface area contributed by atoms with E-state index in [1.807, 2.05) is 0 Å². The van der Waals surface area contributed by atoms with Crippen molar-refractivity contribution in [2.45, 2.75) is 24.1 Å². The first-order valence-corrected chi connectivity index (χ1v) is 7.79. The second-order valence-electron chi connectivity index (χ2n) is 5.05. The van der Waals surface area contributed by atoms with Gasteiger partial charge in [0.15, 0.2) is 0 Å². The van der Waals surface area contributed by atoms with Crippen LogP contribution in [0.25, 0.3) is 0 Å². The largest absolute Gasteiger partial charge is 0.478 e.